The molecule has 2 aliphatic carbocycles. The molecule has 0 saturated heterocycles. The van der Waals surface area contributed by atoms with Crippen molar-refractivity contribution in [3.05, 3.63) is 125 Å². The molecule has 0 N–H and O–H groups in total. The highest BCUT2D eigenvalue weighted by molar-refractivity contribution is 7.18. The highest BCUT2D eigenvalue weighted by Crippen LogP contribution is 2.35. The summed E-state index contributed by atoms with van der Waals surface area (Å²) < 4.78 is 23.9. The van der Waals surface area contributed by atoms with E-state index < -0.39 is 29.8 Å². The Kier molecular flexibility index (Phi) is 13.4. The second kappa shape index (κ2) is 19.2. The average Bonchev–Trinajstić information content (AvgIpc) is 3.70. The van der Waals surface area contributed by atoms with E-state index in [0.29, 0.717) is 73.4 Å². The number of thiazole rings is 1. The fraction of sp³-hybridized carbons (Fsp3) is 0.312. The minimum atomic E-state index is -1.02. The van der Waals surface area contributed by atoms with Crippen molar-refractivity contribution in [2.75, 3.05) is 0 Å². The molecule has 308 valence electrons. The first-order valence-electron chi connectivity index (χ1n) is 20.2. The van der Waals surface area contributed by atoms with Crippen molar-refractivity contribution >= 4 is 57.4 Å². The monoisotopic (exact) mass is 826 g/mol. The van der Waals surface area contributed by atoms with Crippen LogP contribution in [0.4, 0.5) is 0 Å². The topological polar surface area (TPSA) is 148 Å². The van der Waals surface area contributed by atoms with E-state index in [1.165, 1.54) is 29.7 Å². The molecule has 5 aromatic rings. The number of benzene rings is 4. The van der Waals surface area contributed by atoms with Crippen molar-refractivity contribution in [3.63, 3.8) is 0 Å². The molecule has 0 aliphatic heterocycles. The largest absolute Gasteiger partial charge is 0.426 e. The van der Waals surface area contributed by atoms with Crippen LogP contribution in [0.15, 0.2) is 109 Å². The summed E-state index contributed by atoms with van der Waals surface area (Å²) in [6.45, 7) is 7.58. The van der Waals surface area contributed by atoms with E-state index in [4.69, 9.17) is 18.9 Å². The summed E-state index contributed by atoms with van der Waals surface area (Å²) in [6, 6.07) is 25.7. The molecule has 7 rings (SSSR count). The molecular weight excluding hydrogens is 781 g/mol. The summed E-state index contributed by atoms with van der Waals surface area (Å²) in [6.07, 6.45) is 6.29. The van der Waals surface area contributed by atoms with Gasteiger partial charge in [-0.1, -0.05) is 54.1 Å². The van der Waals surface area contributed by atoms with Crippen LogP contribution in [0, 0.1) is 37.5 Å². The lowest BCUT2D eigenvalue weighted by atomic mass is 9.82. The second-order valence-electron chi connectivity index (χ2n) is 15.4. The molecule has 0 bridgehead atoms. The number of carbonyl (C=O) groups excluding carboxylic acids is 5. The van der Waals surface area contributed by atoms with Gasteiger partial charge in [0.25, 0.3) is 0 Å². The maximum atomic E-state index is 13.6. The third kappa shape index (κ3) is 10.5. The van der Waals surface area contributed by atoms with E-state index in [2.05, 4.69) is 16.6 Å². The van der Waals surface area contributed by atoms with Crippen LogP contribution in [0.2, 0.25) is 0 Å². The highest BCUT2D eigenvalue weighted by atomic mass is 32.1. The summed E-state index contributed by atoms with van der Waals surface area (Å²) in [5, 5.41) is 0.467. The molecule has 1 aromatic heterocycles. The van der Waals surface area contributed by atoms with Gasteiger partial charge in [-0.3, -0.25) is 29.0 Å². The van der Waals surface area contributed by atoms with Crippen LogP contribution in [0.3, 0.4) is 0 Å². The van der Waals surface area contributed by atoms with Crippen molar-refractivity contribution in [2.24, 2.45) is 28.7 Å². The Bertz CT molecular complexity index is 2370. The summed E-state index contributed by atoms with van der Waals surface area (Å²) in [4.78, 5) is 75.2. The molecule has 1 unspecified atom stereocenters. The number of aryl methyl sites for hydroxylation is 2. The SMILES string of the molecule is C=CC(=O)C(N=Cc1cc(OC(=O)C2CCC(C(=O)Oc3ccc(C)cc3)CC2)ccc1OC(=O)C1CCC(C(=O)Oc2ccc(C)cc2)CC1)c1nc2ccccc2s1. The maximum Gasteiger partial charge on any atom is 0.314 e. The first-order valence-corrected chi connectivity index (χ1v) is 21.0. The Morgan fingerprint density at radius 1 is 0.633 bits per heavy atom. The Morgan fingerprint density at radius 3 is 1.57 bits per heavy atom. The number of aromatic nitrogens is 1. The molecule has 2 fully saturated rings. The van der Waals surface area contributed by atoms with Crippen LogP contribution < -0.4 is 18.9 Å². The molecule has 60 heavy (non-hydrogen) atoms. The van der Waals surface area contributed by atoms with Gasteiger partial charge < -0.3 is 18.9 Å². The molecule has 2 aliphatic rings. The fourth-order valence-corrected chi connectivity index (χ4v) is 8.47. The number of fused-ring (bicyclic) bond motifs is 1. The lowest BCUT2D eigenvalue weighted by Crippen LogP contribution is -2.30. The average molecular weight is 827 g/mol. The number of ketones is 1. The third-order valence-corrected chi connectivity index (χ3v) is 12.1. The Balaban J connectivity index is 1.04. The molecule has 11 nitrogen and oxygen atoms in total. The van der Waals surface area contributed by atoms with E-state index in [1.54, 1.807) is 36.4 Å². The molecular formula is C48H46N2O9S. The highest BCUT2D eigenvalue weighted by Gasteiger charge is 2.34. The molecule has 0 spiro atoms. The number of rotatable bonds is 13. The molecule has 12 heteroatoms. The Morgan fingerprint density at radius 2 is 1.08 bits per heavy atom. The lowest BCUT2D eigenvalue weighted by molar-refractivity contribution is -0.145. The quantitative estimate of drug-likeness (QED) is 0.0487. The normalized spacial score (nSPS) is 19.6. The van der Waals surface area contributed by atoms with Crippen molar-refractivity contribution in [1.82, 2.24) is 4.98 Å². The standard InChI is InChI=1S/C48H46N2O9S/c1-4-40(51)43(44-50-39-7-5-6-8-42(39)60-44)49-28-35-27-38(58-47(54)33-15-13-31(14-16-33)45(52)56-36-21-9-29(2)10-22-36)25-26-41(35)59-48(55)34-19-17-32(18-20-34)46(53)57-37-23-11-30(3)12-24-37/h4-12,21-28,31-34,43H,1,13-20H2,2-3H3. The van der Waals surface area contributed by atoms with Crippen LogP contribution in [0.25, 0.3) is 10.2 Å². The fourth-order valence-electron chi connectivity index (χ4n) is 7.45. The Labute approximate surface area is 352 Å². The van der Waals surface area contributed by atoms with Gasteiger partial charge in [0.15, 0.2) is 11.8 Å². The number of nitrogens with zero attached hydrogens (tertiary/aromatic N) is 2. The van der Waals surface area contributed by atoms with Gasteiger partial charge in [0.1, 0.15) is 28.0 Å². The third-order valence-electron chi connectivity index (χ3n) is 11.1. The molecule has 1 heterocycles. The van der Waals surface area contributed by atoms with Crippen molar-refractivity contribution in [1.29, 1.82) is 0 Å². The van der Waals surface area contributed by atoms with E-state index >= 15 is 0 Å². The van der Waals surface area contributed by atoms with Crippen molar-refractivity contribution < 1.29 is 42.9 Å². The maximum absolute atomic E-state index is 13.6. The number of carbonyl (C=O) groups is 5. The van der Waals surface area contributed by atoms with Crippen LogP contribution in [0.5, 0.6) is 23.0 Å². The number of para-hydroxylation sites is 1. The van der Waals surface area contributed by atoms with E-state index in [1.807, 2.05) is 62.4 Å². The van der Waals surface area contributed by atoms with Gasteiger partial charge in [-0.2, -0.15) is 0 Å². The van der Waals surface area contributed by atoms with Gasteiger partial charge in [0.05, 0.1) is 33.9 Å². The number of hydrogen-bond acceptors (Lipinski definition) is 12. The van der Waals surface area contributed by atoms with Crippen LogP contribution in [-0.4, -0.2) is 40.9 Å². The van der Waals surface area contributed by atoms with Gasteiger partial charge in [-0.05, 0) is 126 Å². The predicted octanol–water partition coefficient (Wildman–Crippen LogP) is 9.46. The molecule has 0 radical (unpaired) electrons. The predicted molar refractivity (Wildman–Crippen MR) is 227 cm³/mol. The Hall–Kier alpha value is -6.27. The summed E-state index contributed by atoms with van der Waals surface area (Å²) in [7, 11) is 0. The summed E-state index contributed by atoms with van der Waals surface area (Å²) in [5.41, 5.74) is 3.16. The van der Waals surface area contributed by atoms with E-state index in [-0.39, 0.29) is 41.1 Å². The van der Waals surface area contributed by atoms with Crippen LogP contribution in [-0.2, 0) is 24.0 Å². The zero-order chi connectivity index (χ0) is 42.2. The van der Waals surface area contributed by atoms with Gasteiger partial charge in [0.2, 0.25) is 0 Å². The van der Waals surface area contributed by atoms with E-state index in [9.17, 15) is 24.0 Å². The minimum Gasteiger partial charge on any atom is -0.426 e. The zero-order valence-corrected chi connectivity index (χ0v) is 34.4. The van der Waals surface area contributed by atoms with Gasteiger partial charge in [0, 0.05) is 11.8 Å². The molecule has 0 amide bonds. The van der Waals surface area contributed by atoms with Crippen LogP contribution >= 0.6 is 11.3 Å². The van der Waals surface area contributed by atoms with Crippen molar-refractivity contribution in [2.45, 2.75) is 71.3 Å². The lowest BCUT2D eigenvalue weighted by Gasteiger charge is -2.26. The first kappa shape index (κ1) is 41.9. The first-order chi connectivity index (χ1) is 29.0. The second-order valence-corrected chi connectivity index (χ2v) is 16.5. The summed E-state index contributed by atoms with van der Waals surface area (Å²) in [5.74, 6) is -2.14. The van der Waals surface area contributed by atoms with Crippen molar-refractivity contribution in [3.8, 4) is 23.0 Å². The summed E-state index contributed by atoms with van der Waals surface area (Å²) >= 11 is 1.34. The molecule has 2 saturated carbocycles. The number of ether oxygens (including phenoxy) is 4. The minimum absolute atomic E-state index is 0.158. The molecule has 1 atom stereocenters. The van der Waals surface area contributed by atoms with Crippen LogP contribution in [0.1, 0.15) is 79.1 Å². The number of aliphatic imine (C=N–C) groups is 1. The smallest absolute Gasteiger partial charge is 0.314 e. The number of hydrogen-bond donors (Lipinski definition) is 0. The van der Waals surface area contributed by atoms with Gasteiger partial charge in [-0.25, -0.2) is 4.98 Å². The van der Waals surface area contributed by atoms with Gasteiger partial charge in [-0.15, -0.1) is 11.3 Å². The van der Waals surface area contributed by atoms with E-state index in [0.717, 1.165) is 21.3 Å². The molecule has 4 aromatic carbocycles. The number of esters is 4. The zero-order valence-electron chi connectivity index (χ0n) is 33.5. The van der Waals surface area contributed by atoms with Gasteiger partial charge >= 0.3 is 23.9 Å².